The van der Waals surface area contributed by atoms with Crippen LogP contribution in [-0.4, -0.2) is 57.4 Å². The van der Waals surface area contributed by atoms with Gasteiger partial charge in [0.2, 0.25) is 0 Å². The SMILES string of the molecule is CNCC1COCCN1CC1CCOc2ccccc21. The highest BCUT2D eigenvalue weighted by Crippen LogP contribution is 2.34. The zero-order chi connectivity index (χ0) is 13.8. The van der Waals surface area contributed by atoms with Gasteiger partial charge in [-0.15, -0.1) is 0 Å². The fourth-order valence-corrected chi connectivity index (χ4v) is 3.24. The van der Waals surface area contributed by atoms with E-state index in [4.69, 9.17) is 9.47 Å². The molecule has 2 aliphatic heterocycles. The summed E-state index contributed by atoms with van der Waals surface area (Å²) in [6, 6.07) is 8.97. The molecule has 0 radical (unpaired) electrons. The zero-order valence-electron chi connectivity index (χ0n) is 12.2. The van der Waals surface area contributed by atoms with E-state index in [0.29, 0.717) is 12.0 Å². The summed E-state index contributed by atoms with van der Waals surface area (Å²) in [6.45, 7) is 5.66. The van der Waals surface area contributed by atoms with Gasteiger partial charge in [-0.3, -0.25) is 4.90 Å². The molecule has 4 heteroatoms. The predicted molar refractivity (Wildman–Crippen MR) is 79.4 cm³/mol. The number of fused-ring (bicyclic) bond motifs is 1. The average Bonchev–Trinajstić information content (AvgIpc) is 2.50. The summed E-state index contributed by atoms with van der Waals surface area (Å²) in [4.78, 5) is 2.58. The molecule has 0 aromatic heterocycles. The van der Waals surface area contributed by atoms with Crippen LogP contribution in [-0.2, 0) is 4.74 Å². The second-order valence-corrected chi connectivity index (χ2v) is 5.65. The highest BCUT2D eigenvalue weighted by atomic mass is 16.5. The van der Waals surface area contributed by atoms with E-state index in [2.05, 4.69) is 34.5 Å². The molecule has 0 aliphatic carbocycles. The molecule has 1 saturated heterocycles. The van der Waals surface area contributed by atoms with Gasteiger partial charge in [0.15, 0.2) is 0 Å². The van der Waals surface area contributed by atoms with Gasteiger partial charge in [-0.25, -0.2) is 0 Å². The summed E-state index contributed by atoms with van der Waals surface area (Å²) in [6.07, 6.45) is 1.11. The van der Waals surface area contributed by atoms with Gasteiger partial charge in [0.1, 0.15) is 5.75 Å². The van der Waals surface area contributed by atoms with Crippen LogP contribution >= 0.6 is 0 Å². The van der Waals surface area contributed by atoms with Crippen LogP contribution in [0.2, 0.25) is 0 Å². The number of morpholine rings is 1. The minimum Gasteiger partial charge on any atom is -0.493 e. The maximum absolute atomic E-state index is 5.76. The topological polar surface area (TPSA) is 33.7 Å². The summed E-state index contributed by atoms with van der Waals surface area (Å²) in [5, 5.41) is 3.28. The number of ether oxygens (including phenoxy) is 2. The summed E-state index contributed by atoms with van der Waals surface area (Å²) < 4.78 is 11.4. The first-order valence-corrected chi connectivity index (χ1v) is 7.56. The van der Waals surface area contributed by atoms with Gasteiger partial charge in [0.25, 0.3) is 0 Å². The van der Waals surface area contributed by atoms with Gasteiger partial charge in [-0.2, -0.15) is 0 Å². The second kappa shape index (κ2) is 6.57. The van der Waals surface area contributed by atoms with Crippen LogP contribution < -0.4 is 10.1 Å². The molecular formula is C16H24N2O2. The van der Waals surface area contributed by atoms with Gasteiger partial charge in [-0.1, -0.05) is 18.2 Å². The lowest BCUT2D eigenvalue weighted by molar-refractivity contribution is -0.0104. The minimum absolute atomic E-state index is 0.490. The van der Waals surface area contributed by atoms with Crippen molar-refractivity contribution in [2.45, 2.75) is 18.4 Å². The Morgan fingerprint density at radius 2 is 2.20 bits per heavy atom. The molecule has 20 heavy (non-hydrogen) atoms. The lowest BCUT2D eigenvalue weighted by Gasteiger charge is -2.39. The summed E-state index contributed by atoms with van der Waals surface area (Å²) in [5.74, 6) is 1.65. The third-order valence-electron chi connectivity index (χ3n) is 4.33. The highest BCUT2D eigenvalue weighted by Gasteiger charge is 2.28. The third kappa shape index (κ3) is 2.97. The first-order valence-electron chi connectivity index (χ1n) is 7.56. The number of hydrogen-bond acceptors (Lipinski definition) is 4. The number of nitrogens with zero attached hydrogens (tertiary/aromatic N) is 1. The molecular weight excluding hydrogens is 252 g/mol. The number of hydrogen-bond donors (Lipinski definition) is 1. The van der Waals surface area contributed by atoms with E-state index in [1.54, 1.807) is 0 Å². The molecule has 1 aromatic rings. The Hall–Kier alpha value is -1.10. The van der Waals surface area contributed by atoms with Crippen molar-refractivity contribution in [3.63, 3.8) is 0 Å². The highest BCUT2D eigenvalue weighted by molar-refractivity contribution is 5.38. The van der Waals surface area contributed by atoms with Crippen molar-refractivity contribution >= 4 is 0 Å². The Morgan fingerprint density at radius 3 is 3.10 bits per heavy atom. The number of likely N-dealkylation sites (N-methyl/N-ethyl adjacent to an activating group) is 1. The molecule has 0 spiro atoms. The first kappa shape index (κ1) is 13.9. The summed E-state index contributed by atoms with van der Waals surface area (Å²) in [5.41, 5.74) is 1.37. The van der Waals surface area contributed by atoms with Crippen molar-refractivity contribution < 1.29 is 9.47 Å². The van der Waals surface area contributed by atoms with Gasteiger partial charge < -0.3 is 14.8 Å². The average molecular weight is 276 g/mol. The van der Waals surface area contributed by atoms with E-state index < -0.39 is 0 Å². The summed E-state index contributed by atoms with van der Waals surface area (Å²) in [7, 11) is 2.01. The van der Waals surface area contributed by atoms with Crippen LogP contribution in [0.1, 0.15) is 17.9 Å². The van der Waals surface area contributed by atoms with Gasteiger partial charge >= 0.3 is 0 Å². The van der Waals surface area contributed by atoms with E-state index in [9.17, 15) is 0 Å². The summed E-state index contributed by atoms with van der Waals surface area (Å²) >= 11 is 0. The molecule has 3 rings (SSSR count). The Kier molecular flexibility index (Phi) is 4.55. The van der Waals surface area contributed by atoms with Gasteiger partial charge in [0.05, 0.1) is 19.8 Å². The van der Waals surface area contributed by atoms with Crippen molar-refractivity contribution in [3.8, 4) is 5.75 Å². The molecule has 1 aromatic carbocycles. The number of para-hydroxylation sites is 1. The van der Waals surface area contributed by atoms with E-state index in [-0.39, 0.29) is 0 Å². The Balaban J connectivity index is 1.71. The van der Waals surface area contributed by atoms with Crippen molar-refractivity contribution in [2.75, 3.05) is 46.5 Å². The molecule has 2 aliphatic rings. The second-order valence-electron chi connectivity index (χ2n) is 5.65. The molecule has 4 nitrogen and oxygen atoms in total. The minimum atomic E-state index is 0.490. The molecule has 1 N–H and O–H groups in total. The Bertz CT molecular complexity index is 436. The van der Waals surface area contributed by atoms with E-state index in [0.717, 1.165) is 51.6 Å². The molecule has 0 amide bonds. The zero-order valence-corrected chi connectivity index (χ0v) is 12.2. The first-order chi connectivity index (χ1) is 9.88. The maximum Gasteiger partial charge on any atom is 0.122 e. The van der Waals surface area contributed by atoms with Crippen molar-refractivity contribution in [2.24, 2.45) is 0 Å². The van der Waals surface area contributed by atoms with E-state index >= 15 is 0 Å². The lowest BCUT2D eigenvalue weighted by atomic mass is 9.92. The normalized spacial score (nSPS) is 26.9. The van der Waals surface area contributed by atoms with Crippen LogP contribution in [0.3, 0.4) is 0 Å². The smallest absolute Gasteiger partial charge is 0.122 e. The van der Waals surface area contributed by atoms with Gasteiger partial charge in [0, 0.05) is 31.6 Å². The van der Waals surface area contributed by atoms with Gasteiger partial charge in [-0.05, 0) is 25.1 Å². The fraction of sp³-hybridized carbons (Fsp3) is 0.625. The molecule has 110 valence electrons. The fourth-order valence-electron chi connectivity index (χ4n) is 3.24. The molecule has 0 saturated carbocycles. The maximum atomic E-state index is 5.76. The van der Waals surface area contributed by atoms with Crippen LogP contribution in [0.15, 0.2) is 24.3 Å². The largest absolute Gasteiger partial charge is 0.493 e. The Morgan fingerprint density at radius 1 is 1.30 bits per heavy atom. The number of nitrogens with one attached hydrogen (secondary N) is 1. The lowest BCUT2D eigenvalue weighted by Crippen LogP contribution is -2.51. The van der Waals surface area contributed by atoms with E-state index in [1.807, 2.05) is 7.05 Å². The molecule has 1 fully saturated rings. The monoisotopic (exact) mass is 276 g/mol. The molecule has 2 unspecified atom stereocenters. The predicted octanol–water partition coefficient (Wildman–Crippen LogP) is 1.47. The van der Waals surface area contributed by atoms with Crippen LogP contribution in [0.25, 0.3) is 0 Å². The third-order valence-corrected chi connectivity index (χ3v) is 4.33. The standard InChI is InChI=1S/C16H24N2O2/c1-17-10-14-12-19-9-7-18(14)11-13-6-8-20-16-5-3-2-4-15(13)16/h2-5,13-14,17H,6-12H2,1H3. The van der Waals surface area contributed by atoms with Crippen LogP contribution in [0.4, 0.5) is 0 Å². The van der Waals surface area contributed by atoms with Crippen molar-refractivity contribution in [1.29, 1.82) is 0 Å². The van der Waals surface area contributed by atoms with E-state index in [1.165, 1.54) is 5.56 Å². The van der Waals surface area contributed by atoms with Crippen molar-refractivity contribution in [1.82, 2.24) is 10.2 Å². The number of rotatable bonds is 4. The quantitative estimate of drug-likeness (QED) is 0.903. The van der Waals surface area contributed by atoms with Crippen LogP contribution in [0.5, 0.6) is 5.75 Å². The Labute approximate surface area is 121 Å². The number of benzene rings is 1. The molecule has 2 heterocycles. The van der Waals surface area contributed by atoms with Crippen LogP contribution in [0, 0.1) is 0 Å². The molecule has 0 bridgehead atoms. The van der Waals surface area contributed by atoms with Crippen molar-refractivity contribution in [3.05, 3.63) is 29.8 Å². The molecule has 2 atom stereocenters.